The van der Waals surface area contributed by atoms with Crippen LogP contribution in [0.3, 0.4) is 0 Å². The van der Waals surface area contributed by atoms with Crippen LogP contribution >= 0.6 is 23.2 Å². The van der Waals surface area contributed by atoms with Gasteiger partial charge in [0.25, 0.3) is 0 Å². The van der Waals surface area contributed by atoms with E-state index in [4.69, 9.17) is 23.2 Å². The summed E-state index contributed by atoms with van der Waals surface area (Å²) in [6.45, 7) is 2.16. The van der Waals surface area contributed by atoms with Gasteiger partial charge in [-0.15, -0.1) is 0 Å². The summed E-state index contributed by atoms with van der Waals surface area (Å²) in [5.74, 6) is -0.161. The quantitative estimate of drug-likeness (QED) is 0.866. The Kier molecular flexibility index (Phi) is 5.21. The number of hydrogen-bond donors (Lipinski definition) is 1. The molecular formula is C12H14Cl2N4O2S. The van der Waals surface area contributed by atoms with E-state index in [0.29, 0.717) is 22.2 Å². The van der Waals surface area contributed by atoms with Crippen LogP contribution in [0.5, 0.6) is 0 Å². The summed E-state index contributed by atoms with van der Waals surface area (Å²) in [6, 6.07) is 4.45. The molecule has 0 aliphatic heterocycles. The van der Waals surface area contributed by atoms with Gasteiger partial charge in [0.05, 0.1) is 22.3 Å². The molecule has 0 amide bonds. The second-order valence-electron chi connectivity index (χ2n) is 4.64. The van der Waals surface area contributed by atoms with Gasteiger partial charge in [-0.25, -0.2) is 18.1 Å². The molecule has 21 heavy (non-hydrogen) atoms. The average molecular weight is 349 g/mol. The van der Waals surface area contributed by atoms with Crippen molar-refractivity contribution in [2.24, 2.45) is 0 Å². The summed E-state index contributed by atoms with van der Waals surface area (Å²) >= 11 is 11.7. The maximum atomic E-state index is 12.1. The minimum atomic E-state index is -3.48. The van der Waals surface area contributed by atoms with Gasteiger partial charge in [0.15, 0.2) is 0 Å². The zero-order valence-electron chi connectivity index (χ0n) is 11.2. The Morgan fingerprint density at radius 1 is 1.33 bits per heavy atom. The molecule has 6 nitrogen and oxygen atoms in total. The van der Waals surface area contributed by atoms with Gasteiger partial charge in [-0.05, 0) is 24.6 Å². The van der Waals surface area contributed by atoms with Gasteiger partial charge in [-0.3, -0.25) is 4.68 Å². The van der Waals surface area contributed by atoms with Gasteiger partial charge in [-0.2, -0.15) is 5.10 Å². The van der Waals surface area contributed by atoms with Crippen molar-refractivity contribution < 1.29 is 8.42 Å². The van der Waals surface area contributed by atoms with E-state index in [0.717, 1.165) is 0 Å². The van der Waals surface area contributed by atoms with Crippen molar-refractivity contribution in [3.8, 4) is 0 Å². The standard InChI is InChI=1S/C12H14Cl2N4O2S/c1-9(5-18-8-15-7-16-18)17-21(19,20)6-10-2-3-11(13)12(14)4-10/h2-4,7-9,17H,5-6H2,1H3. The second-order valence-corrected chi connectivity index (χ2v) is 7.21. The van der Waals surface area contributed by atoms with Crippen LogP contribution in [-0.4, -0.2) is 29.2 Å². The van der Waals surface area contributed by atoms with Gasteiger partial charge < -0.3 is 0 Å². The van der Waals surface area contributed by atoms with Crippen molar-refractivity contribution >= 4 is 33.2 Å². The summed E-state index contributed by atoms with van der Waals surface area (Å²) in [7, 11) is -3.48. The Morgan fingerprint density at radius 2 is 2.10 bits per heavy atom. The fourth-order valence-corrected chi connectivity index (χ4v) is 3.55. The van der Waals surface area contributed by atoms with Crippen LogP contribution in [0.4, 0.5) is 0 Å². The molecule has 1 aromatic carbocycles. The number of halogens is 2. The molecular weight excluding hydrogens is 335 g/mol. The molecule has 1 unspecified atom stereocenters. The molecule has 1 heterocycles. The number of benzene rings is 1. The molecule has 0 bridgehead atoms. The van der Waals surface area contributed by atoms with E-state index >= 15 is 0 Å². The lowest BCUT2D eigenvalue weighted by molar-refractivity contribution is 0.493. The summed E-state index contributed by atoms with van der Waals surface area (Å²) in [4.78, 5) is 3.80. The molecule has 1 atom stereocenters. The first kappa shape index (κ1) is 16.2. The maximum absolute atomic E-state index is 12.1. The smallest absolute Gasteiger partial charge is 0.216 e. The molecule has 114 valence electrons. The fourth-order valence-electron chi connectivity index (χ4n) is 1.84. The molecule has 0 aliphatic carbocycles. The van der Waals surface area contributed by atoms with Gasteiger partial charge in [0.1, 0.15) is 12.7 Å². The third-order valence-electron chi connectivity index (χ3n) is 2.65. The Labute approximate surface area is 133 Å². The monoisotopic (exact) mass is 348 g/mol. The number of nitrogens with one attached hydrogen (secondary N) is 1. The zero-order valence-corrected chi connectivity index (χ0v) is 13.5. The molecule has 0 saturated carbocycles. The zero-order chi connectivity index (χ0) is 15.5. The van der Waals surface area contributed by atoms with Crippen LogP contribution in [0.15, 0.2) is 30.9 Å². The third kappa shape index (κ3) is 4.96. The van der Waals surface area contributed by atoms with Gasteiger partial charge in [-0.1, -0.05) is 29.3 Å². The van der Waals surface area contributed by atoms with E-state index in [2.05, 4.69) is 14.8 Å². The molecule has 1 N–H and O–H groups in total. The Morgan fingerprint density at radius 3 is 2.71 bits per heavy atom. The average Bonchev–Trinajstić information content (AvgIpc) is 2.85. The molecule has 2 aromatic rings. The largest absolute Gasteiger partial charge is 0.251 e. The molecule has 0 fully saturated rings. The summed E-state index contributed by atoms with van der Waals surface area (Å²) in [6.07, 6.45) is 2.93. The van der Waals surface area contributed by atoms with Crippen LogP contribution in [-0.2, 0) is 22.3 Å². The first-order chi connectivity index (χ1) is 9.85. The maximum Gasteiger partial charge on any atom is 0.216 e. The van der Waals surface area contributed by atoms with Crippen molar-refractivity contribution in [2.45, 2.75) is 25.3 Å². The minimum Gasteiger partial charge on any atom is -0.251 e. The predicted octanol–water partition coefficient (Wildman–Crippen LogP) is 2.09. The van der Waals surface area contributed by atoms with E-state index in [1.807, 2.05) is 0 Å². The highest BCUT2D eigenvalue weighted by atomic mass is 35.5. The van der Waals surface area contributed by atoms with Crippen molar-refractivity contribution in [3.05, 3.63) is 46.5 Å². The van der Waals surface area contributed by atoms with E-state index in [1.54, 1.807) is 29.8 Å². The SMILES string of the molecule is CC(Cn1cncn1)NS(=O)(=O)Cc1ccc(Cl)c(Cl)c1. The molecule has 0 spiro atoms. The highest BCUT2D eigenvalue weighted by molar-refractivity contribution is 7.88. The number of nitrogens with zero attached hydrogens (tertiary/aromatic N) is 3. The van der Waals surface area contributed by atoms with Crippen LogP contribution in [0, 0.1) is 0 Å². The lowest BCUT2D eigenvalue weighted by atomic mass is 10.2. The summed E-state index contributed by atoms with van der Waals surface area (Å²) < 4.78 is 28.4. The second kappa shape index (κ2) is 6.74. The lowest BCUT2D eigenvalue weighted by Crippen LogP contribution is -2.36. The van der Waals surface area contributed by atoms with E-state index < -0.39 is 10.0 Å². The van der Waals surface area contributed by atoms with E-state index in [9.17, 15) is 8.42 Å². The molecule has 2 rings (SSSR count). The summed E-state index contributed by atoms with van der Waals surface area (Å²) in [5.41, 5.74) is 0.574. The van der Waals surface area contributed by atoms with Crippen molar-refractivity contribution in [1.82, 2.24) is 19.5 Å². The van der Waals surface area contributed by atoms with Gasteiger partial charge >= 0.3 is 0 Å². The predicted molar refractivity (Wildman–Crippen MR) is 81.7 cm³/mol. The number of hydrogen-bond acceptors (Lipinski definition) is 4. The van der Waals surface area contributed by atoms with Crippen LogP contribution in [0.25, 0.3) is 0 Å². The lowest BCUT2D eigenvalue weighted by Gasteiger charge is -2.14. The Balaban J connectivity index is 1.99. The molecule has 9 heteroatoms. The molecule has 1 aromatic heterocycles. The molecule has 0 saturated heterocycles. The van der Waals surface area contributed by atoms with E-state index in [-0.39, 0.29) is 11.8 Å². The number of rotatable bonds is 6. The Hall–Kier alpha value is -1.15. The normalized spacial score (nSPS) is 13.3. The fraction of sp³-hybridized carbons (Fsp3) is 0.333. The summed E-state index contributed by atoms with van der Waals surface area (Å²) in [5, 5.41) is 4.66. The highest BCUT2D eigenvalue weighted by Gasteiger charge is 2.16. The number of sulfonamides is 1. The minimum absolute atomic E-state index is 0.161. The van der Waals surface area contributed by atoms with Gasteiger partial charge in [0, 0.05) is 6.04 Å². The first-order valence-electron chi connectivity index (χ1n) is 6.12. The van der Waals surface area contributed by atoms with Gasteiger partial charge in [0.2, 0.25) is 10.0 Å². The molecule has 0 aliphatic rings. The van der Waals surface area contributed by atoms with Crippen LogP contribution in [0.2, 0.25) is 10.0 Å². The van der Waals surface area contributed by atoms with Crippen LogP contribution in [0.1, 0.15) is 12.5 Å². The topological polar surface area (TPSA) is 76.9 Å². The first-order valence-corrected chi connectivity index (χ1v) is 8.53. The van der Waals surface area contributed by atoms with Crippen molar-refractivity contribution in [1.29, 1.82) is 0 Å². The van der Waals surface area contributed by atoms with Crippen LogP contribution < -0.4 is 4.72 Å². The van der Waals surface area contributed by atoms with Crippen molar-refractivity contribution in [3.63, 3.8) is 0 Å². The number of aromatic nitrogens is 3. The third-order valence-corrected chi connectivity index (χ3v) is 4.86. The highest BCUT2D eigenvalue weighted by Crippen LogP contribution is 2.23. The van der Waals surface area contributed by atoms with Crippen molar-refractivity contribution in [2.75, 3.05) is 0 Å². The molecule has 0 radical (unpaired) electrons. The van der Waals surface area contributed by atoms with E-state index in [1.165, 1.54) is 12.7 Å². The Bertz CT molecular complexity index is 704.